The maximum atomic E-state index is 13.9. The molecular weight excluding hydrogens is 507 g/mol. The Labute approximate surface area is 222 Å². The average molecular weight is 533 g/mol. The Morgan fingerprint density at radius 2 is 1.95 bits per heavy atom. The number of nitrogens with zero attached hydrogens (tertiary/aromatic N) is 1. The topological polar surface area (TPSA) is 134 Å². The van der Waals surface area contributed by atoms with Crippen LogP contribution in [0.25, 0.3) is 21.7 Å². The van der Waals surface area contributed by atoms with Crippen LogP contribution in [0.4, 0.5) is 4.39 Å². The fraction of sp³-hybridized carbons (Fsp3) is 0.172. The van der Waals surface area contributed by atoms with Crippen molar-refractivity contribution >= 4 is 27.7 Å². The molecule has 4 N–H and O–H groups in total. The number of methoxy groups -OCH3 is 1. The van der Waals surface area contributed by atoms with Gasteiger partial charge in [0.15, 0.2) is 0 Å². The van der Waals surface area contributed by atoms with E-state index in [0.29, 0.717) is 33.2 Å². The van der Waals surface area contributed by atoms with E-state index in [0.717, 1.165) is 6.26 Å². The summed E-state index contributed by atoms with van der Waals surface area (Å²) in [5.74, 6) is -1.23. The number of phenolic OH excluding ortho intramolecular Hbond substituents is 1. The second kappa shape index (κ2) is 11.0. The van der Waals surface area contributed by atoms with Gasteiger partial charge >= 0.3 is 5.97 Å². The first-order valence-electron chi connectivity index (χ1n) is 12.1. The van der Waals surface area contributed by atoms with E-state index >= 15 is 0 Å². The molecule has 9 nitrogen and oxygen atoms in total. The minimum absolute atomic E-state index is 0.00959. The molecule has 3 aromatic carbocycles. The Hall–Kier alpha value is -4.67. The number of carbonyl (C=O) groups is 1. The van der Waals surface area contributed by atoms with E-state index in [9.17, 15) is 24.5 Å². The highest BCUT2D eigenvalue weighted by atomic mass is 19.1. The van der Waals surface area contributed by atoms with Gasteiger partial charge in [-0.2, -0.15) is 0 Å². The normalized spacial score (nSPS) is 12.1. The molecule has 0 saturated heterocycles. The number of pyridine rings is 1. The van der Waals surface area contributed by atoms with Crippen LogP contribution < -0.4 is 14.8 Å². The summed E-state index contributed by atoms with van der Waals surface area (Å²) in [6, 6.07) is 13.8. The summed E-state index contributed by atoms with van der Waals surface area (Å²) in [5, 5.41) is 35.4. The van der Waals surface area contributed by atoms with Crippen molar-refractivity contribution in [2.24, 2.45) is 0 Å². The number of ether oxygens (including phenoxy) is 2. The number of fused-ring (bicyclic) bond motifs is 3. The molecule has 200 valence electrons. The highest BCUT2D eigenvalue weighted by molar-refractivity contribution is 6.15. The van der Waals surface area contributed by atoms with Gasteiger partial charge < -0.3 is 34.5 Å². The summed E-state index contributed by atoms with van der Waals surface area (Å²) in [4.78, 5) is 16.4. The Morgan fingerprint density at radius 1 is 1.15 bits per heavy atom. The monoisotopic (exact) mass is 532 g/mol. The van der Waals surface area contributed by atoms with Gasteiger partial charge in [0, 0.05) is 46.6 Å². The lowest BCUT2D eigenvalue weighted by atomic mass is 9.90. The first-order chi connectivity index (χ1) is 18.9. The largest absolute Gasteiger partial charge is 0.507 e. The van der Waals surface area contributed by atoms with Crippen molar-refractivity contribution in [2.75, 3.05) is 20.3 Å². The van der Waals surface area contributed by atoms with Gasteiger partial charge in [0.25, 0.3) is 0 Å². The van der Waals surface area contributed by atoms with E-state index in [-0.39, 0.29) is 47.9 Å². The molecule has 1 unspecified atom stereocenters. The van der Waals surface area contributed by atoms with Gasteiger partial charge in [-0.1, -0.05) is 24.3 Å². The molecule has 1 atom stereocenters. The second-order valence-electron chi connectivity index (χ2n) is 8.79. The number of aromatic nitrogens is 1. The summed E-state index contributed by atoms with van der Waals surface area (Å²) < 4.78 is 30.5. The van der Waals surface area contributed by atoms with E-state index in [1.807, 2.05) is 0 Å². The number of carboxylic acids is 1. The maximum absolute atomic E-state index is 13.9. The zero-order valence-electron chi connectivity index (χ0n) is 20.8. The number of nitrogens with one attached hydrogen (secondary N) is 1. The van der Waals surface area contributed by atoms with Crippen LogP contribution in [0, 0.1) is 5.82 Å². The van der Waals surface area contributed by atoms with Crippen molar-refractivity contribution in [2.45, 2.75) is 12.6 Å². The van der Waals surface area contributed by atoms with E-state index in [1.165, 1.54) is 25.4 Å². The predicted molar refractivity (Wildman–Crippen MR) is 141 cm³/mol. The Kier molecular flexibility index (Phi) is 7.31. The summed E-state index contributed by atoms with van der Waals surface area (Å²) >= 11 is 0. The van der Waals surface area contributed by atoms with Gasteiger partial charge in [0.05, 0.1) is 19.8 Å². The molecule has 39 heavy (non-hydrogen) atoms. The Morgan fingerprint density at radius 3 is 2.69 bits per heavy atom. The fourth-order valence-corrected chi connectivity index (χ4v) is 4.67. The van der Waals surface area contributed by atoms with E-state index in [2.05, 4.69) is 10.3 Å². The van der Waals surface area contributed by atoms with Crippen molar-refractivity contribution < 1.29 is 38.4 Å². The van der Waals surface area contributed by atoms with Crippen LogP contribution in [-0.2, 0) is 6.61 Å². The van der Waals surface area contributed by atoms with Crippen LogP contribution in [-0.4, -0.2) is 46.5 Å². The minimum atomic E-state index is -1.21. The first kappa shape index (κ1) is 26.0. The van der Waals surface area contributed by atoms with Crippen LogP contribution >= 0.6 is 0 Å². The van der Waals surface area contributed by atoms with Crippen LogP contribution in [0.2, 0.25) is 0 Å². The molecule has 10 heteroatoms. The third-order valence-electron chi connectivity index (χ3n) is 6.37. The molecule has 5 aromatic rings. The molecule has 0 saturated carbocycles. The van der Waals surface area contributed by atoms with E-state index in [1.54, 1.807) is 42.5 Å². The number of aliphatic hydroxyl groups is 1. The number of furan rings is 1. The Balaban J connectivity index is 1.61. The SMILES string of the molecule is COc1cc(F)cc(COc2cc(C(NCCO)c3c(O)c4ccccc4c4occ(C(=O)O)c34)ccn2)c1. The molecule has 0 aliphatic heterocycles. The van der Waals surface area contributed by atoms with Gasteiger partial charge in [-0.05, 0) is 29.3 Å². The summed E-state index contributed by atoms with van der Waals surface area (Å²) in [5.41, 5.74) is 1.59. The second-order valence-corrected chi connectivity index (χ2v) is 8.79. The smallest absolute Gasteiger partial charge is 0.339 e. The number of aliphatic hydroxyl groups excluding tert-OH is 1. The van der Waals surface area contributed by atoms with E-state index < -0.39 is 17.8 Å². The van der Waals surface area contributed by atoms with Crippen molar-refractivity contribution in [1.82, 2.24) is 10.3 Å². The summed E-state index contributed by atoms with van der Waals surface area (Å²) in [7, 11) is 1.44. The maximum Gasteiger partial charge on any atom is 0.339 e. The molecular formula is C29H25FN2O7. The van der Waals surface area contributed by atoms with Crippen molar-refractivity contribution in [3.63, 3.8) is 0 Å². The lowest BCUT2D eigenvalue weighted by Crippen LogP contribution is -2.26. The quantitative estimate of drug-likeness (QED) is 0.200. The number of carboxylic acid groups (broad SMARTS) is 1. The number of phenols is 1. The van der Waals surface area contributed by atoms with Gasteiger partial charge in [-0.25, -0.2) is 14.2 Å². The number of benzene rings is 3. The number of hydrogen-bond acceptors (Lipinski definition) is 8. The van der Waals surface area contributed by atoms with E-state index in [4.69, 9.17) is 13.9 Å². The number of aromatic carboxylic acids is 1. The molecule has 0 aliphatic carbocycles. The first-order valence-corrected chi connectivity index (χ1v) is 12.1. The lowest BCUT2D eigenvalue weighted by Gasteiger charge is -2.23. The molecule has 0 amide bonds. The minimum Gasteiger partial charge on any atom is -0.507 e. The molecule has 2 aromatic heterocycles. The summed E-state index contributed by atoms with van der Waals surface area (Å²) in [6.07, 6.45) is 2.66. The predicted octanol–water partition coefficient (Wildman–Crippen LogP) is 4.78. The number of halogens is 1. The molecule has 2 heterocycles. The highest BCUT2D eigenvalue weighted by Gasteiger charge is 2.28. The molecule has 0 radical (unpaired) electrons. The number of hydrogen-bond donors (Lipinski definition) is 4. The molecule has 0 bridgehead atoms. The fourth-order valence-electron chi connectivity index (χ4n) is 4.67. The van der Waals surface area contributed by atoms with Crippen molar-refractivity contribution in [1.29, 1.82) is 0 Å². The lowest BCUT2D eigenvalue weighted by molar-refractivity contribution is 0.0698. The van der Waals surface area contributed by atoms with Crippen LogP contribution in [0.3, 0.4) is 0 Å². The molecule has 0 spiro atoms. The average Bonchev–Trinajstić information content (AvgIpc) is 3.39. The Bertz CT molecular complexity index is 1670. The van der Waals surface area contributed by atoms with Crippen molar-refractivity contribution in [3.05, 3.63) is 95.1 Å². The third kappa shape index (κ3) is 5.07. The van der Waals surface area contributed by atoms with Gasteiger partial charge in [-0.3, -0.25) is 0 Å². The van der Waals surface area contributed by atoms with Crippen molar-refractivity contribution in [3.8, 4) is 17.4 Å². The van der Waals surface area contributed by atoms with Gasteiger partial charge in [-0.15, -0.1) is 0 Å². The number of aromatic hydroxyl groups is 1. The third-order valence-corrected chi connectivity index (χ3v) is 6.37. The molecule has 0 fully saturated rings. The van der Waals surface area contributed by atoms with Crippen LogP contribution in [0.5, 0.6) is 17.4 Å². The zero-order valence-corrected chi connectivity index (χ0v) is 20.8. The summed E-state index contributed by atoms with van der Waals surface area (Å²) in [6.45, 7) is -0.0586. The molecule has 0 aliphatic rings. The van der Waals surface area contributed by atoms with Gasteiger partial charge in [0.2, 0.25) is 5.88 Å². The standard InChI is InChI=1S/C29H25FN2O7/c1-37-19-11-16(10-18(30)13-19)14-38-23-12-17(6-7-31-23)26(32-8-9-33)25-24-22(29(35)36)15-39-28(24)21-5-3-2-4-20(21)27(25)34/h2-7,10-13,15,26,32-34H,8-9,14H2,1H3,(H,35,36). The van der Waals surface area contributed by atoms with Crippen LogP contribution in [0.1, 0.15) is 33.1 Å². The molecule has 5 rings (SSSR count). The van der Waals surface area contributed by atoms with Crippen LogP contribution in [0.15, 0.2) is 71.5 Å². The highest BCUT2D eigenvalue weighted by Crippen LogP contribution is 2.44. The number of rotatable bonds is 10. The van der Waals surface area contributed by atoms with Gasteiger partial charge in [0.1, 0.15) is 41.3 Å². The zero-order chi connectivity index (χ0) is 27.5.